The van der Waals surface area contributed by atoms with Gasteiger partial charge in [-0.15, -0.1) is 0 Å². The number of aryl methyl sites for hydroxylation is 2. The molecule has 18 heavy (non-hydrogen) atoms. The summed E-state index contributed by atoms with van der Waals surface area (Å²) in [6, 6.07) is 3.58. The lowest BCUT2D eigenvalue weighted by atomic mass is 10.3. The molecule has 4 nitrogen and oxygen atoms in total. The summed E-state index contributed by atoms with van der Waals surface area (Å²) < 4.78 is 8.46. The van der Waals surface area contributed by atoms with E-state index in [1.807, 2.05) is 11.7 Å². The Kier molecular flexibility index (Phi) is 4.24. The fourth-order valence-corrected chi connectivity index (χ4v) is 2.51. The molecule has 0 spiro atoms. The van der Waals surface area contributed by atoms with Crippen LogP contribution in [0.25, 0.3) is 0 Å². The predicted molar refractivity (Wildman–Crippen MR) is 73.9 cm³/mol. The quantitative estimate of drug-likeness (QED) is 0.807. The second-order valence-electron chi connectivity index (χ2n) is 3.77. The molecular formula is C12H13BrClN3O. The Morgan fingerprint density at radius 2 is 2.28 bits per heavy atom. The fourth-order valence-electron chi connectivity index (χ4n) is 1.60. The highest BCUT2D eigenvalue weighted by molar-refractivity contribution is 9.10. The third-order valence-electron chi connectivity index (χ3n) is 2.59. The first-order valence-corrected chi connectivity index (χ1v) is 6.74. The van der Waals surface area contributed by atoms with E-state index in [1.54, 1.807) is 18.3 Å². The van der Waals surface area contributed by atoms with Crippen LogP contribution in [0, 0.1) is 0 Å². The first-order valence-electron chi connectivity index (χ1n) is 5.57. The summed E-state index contributed by atoms with van der Waals surface area (Å²) in [6.07, 6.45) is 2.51. The van der Waals surface area contributed by atoms with Gasteiger partial charge in [-0.3, -0.25) is 4.68 Å². The van der Waals surface area contributed by atoms with E-state index in [0.29, 0.717) is 17.5 Å². The minimum Gasteiger partial charge on any atom is -0.484 e. The van der Waals surface area contributed by atoms with Crippen LogP contribution < -0.4 is 4.74 Å². The van der Waals surface area contributed by atoms with E-state index in [0.717, 1.165) is 22.3 Å². The molecule has 0 amide bonds. The van der Waals surface area contributed by atoms with Crippen LogP contribution >= 0.6 is 27.5 Å². The molecule has 0 fully saturated rings. The van der Waals surface area contributed by atoms with E-state index in [9.17, 15) is 0 Å². The highest BCUT2D eigenvalue weighted by Crippen LogP contribution is 2.25. The summed E-state index contributed by atoms with van der Waals surface area (Å²) in [7, 11) is 1.90. The molecule has 2 heterocycles. The van der Waals surface area contributed by atoms with Crippen molar-refractivity contribution in [1.82, 2.24) is 14.8 Å². The molecule has 0 saturated carbocycles. The van der Waals surface area contributed by atoms with Gasteiger partial charge in [-0.25, -0.2) is 4.98 Å². The molecule has 0 bridgehead atoms. The molecule has 0 unspecified atom stereocenters. The topological polar surface area (TPSA) is 39.9 Å². The van der Waals surface area contributed by atoms with Gasteiger partial charge in [0.2, 0.25) is 0 Å². The molecule has 6 heteroatoms. The van der Waals surface area contributed by atoms with Crippen LogP contribution in [-0.4, -0.2) is 14.8 Å². The number of nitrogens with zero attached hydrogens (tertiary/aromatic N) is 3. The minimum atomic E-state index is 0.367. The molecular weight excluding hydrogens is 318 g/mol. The summed E-state index contributed by atoms with van der Waals surface area (Å²) in [5.74, 6) is 0.574. The van der Waals surface area contributed by atoms with Crippen molar-refractivity contribution in [3.05, 3.63) is 39.3 Å². The molecule has 2 aromatic heterocycles. The van der Waals surface area contributed by atoms with E-state index < -0.39 is 0 Å². The van der Waals surface area contributed by atoms with Gasteiger partial charge in [-0.05, 0) is 34.5 Å². The smallest absolute Gasteiger partial charge is 0.171 e. The maximum atomic E-state index is 5.93. The Hall–Kier alpha value is -1.07. The van der Waals surface area contributed by atoms with Crippen molar-refractivity contribution < 1.29 is 4.74 Å². The highest BCUT2D eigenvalue weighted by atomic mass is 79.9. The first-order chi connectivity index (χ1) is 8.63. The summed E-state index contributed by atoms with van der Waals surface area (Å²) >= 11 is 9.47. The van der Waals surface area contributed by atoms with E-state index in [2.05, 4.69) is 32.9 Å². The molecule has 2 aromatic rings. The summed E-state index contributed by atoms with van der Waals surface area (Å²) in [5, 5.41) is 4.77. The van der Waals surface area contributed by atoms with Gasteiger partial charge in [-0.1, -0.05) is 18.5 Å². The Labute approximate surface area is 119 Å². The first kappa shape index (κ1) is 13.4. The molecule has 0 aromatic carbocycles. The standard InChI is InChI=1S/C12H13BrClN3O/c1-3-8-11(13)9(17(2)16-8)7-18-10-5-4-6-15-12(10)14/h4-6H,3,7H2,1-2H3. The van der Waals surface area contributed by atoms with Crippen LogP contribution in [0.3, 0.4) is 0 Å². The third kappa shape index (κ3) is 2.67. The number of pyridine rings is 1. The molecule has 0 radical (unpaired) electrons. The Balaban J connectivity index is 2.16. The second kappa shape index (κ2) is 5.71. The summed E-state index contributed by atoms with van der Waals surface area (Å²) in [5.41, 5.74) is 2.00. The largest absolute Gasteiger partial charge is 0.484 e. The molecule has 0 atom stereocenters. The summed E-state index contributed by atoms with van der Waals surface area (Å²) in [6.45, 7) is 2.46. The van der Waals surface area contributed by atoms with Crippen molar-refractivity contribution in [1.29, 1.82) is 0 Å². The van der Waals surface area contributed by atoms with Gasteiger partial charge in [-0.2, -0.15) is 5.10 Å². The normalized spacial score (nSPS) is 10.7. The van der Waals surface area contributed by atoms with Gasteiger partial charge < -0.3 is 4.74 Å². The maximum Gasteiger partial charge on any atom is 0.171 e. The monoisotopic (exact) mass is 329 g/mol. The third-order valence-corrected chi connectivity index (χ3v) is 3.79. The predicted octanol–water partition coefficient (Wildman–Crippen LogP) is 3.37. The number of aromatic nitrogens is 3. The molecule has 0 aliphatic rings. The van der Waals surface area contributed by atoms with Gasteiger partial charge in [0, 0.05) is 13.2 Å². The minimum absolute atomic E-state index is 0.367. The maximum absolute atomic E-state index is 5.93. The lowest BCUT2D eigenvalue weighted by Crippen LogP contribution is -2.04. The van der Waals surface area contributed by atoms with E-state index in [4.69, 9.17) is 16.3 Å². The molecule has 0 saturated heterocycles. The highest BCUT2D eigenvalue weighted by Gasteiger charge is 2.13. The van der Waals surface area contributed by atoms with Crippen LogP contribution in [0.4, 0.5) is 0 Å². The SMILES string of the molecule is CCc1nn(C)c(COc2cccnc2Cl)c1Br. The van der Waals surface area contributed by atoms with Crippen LogP contribution in [0.15, 0.2) is 22.8 Å². The fraction of sp³-hybridized carbons (Fsp3) is 0.333. The number of ether oxygens (including phenoxy) is 1. The number of hydrogen-bond donors (Lipinski definition) is 0. The molecule has 2 rings (SSSR count). The van der Waals surface area contributed by atoms with E-state index in [1.165, 1.54) is 0 Å². The zero-order chi connectivity index (χ0) is 13.1. The van der Waals surface area contributed by atoms with E-state index >= 15 is 0 Å². The lowest BCUT2D eigenvalue weighted by Gasteiger charge is -2.07. The second-order valence-corrected chi connectivity index (χ2v) is 4.92. The van der Waals surface area contributed by atoms with Crippen molar-refractivity contribution in [3.8, 4) is 5.75 Å². The van der Waals surface area contributed by atoms with E-state index in [-0.39, 0.29) is 0 Å². The number of hydrogen-bond acceptors (Lipinski definition) is 3. The van der Waals surface area contributed by atoms with Gasteiger partial charge in [0.25, 0.3) is 0 Å². The lowest BCUT2D eigenvalue weighted by molar-refractivity contribution is 0.293. The van der Waals surface area contributed by atoms with Crippen LogP contribution in [0.1, 0.15) is 18.3 Å². The molecule has 0 N–H and O–H groups in total. The molecule has 96 valence electrons. The van der Waals surface area contributed by atoms with Crippen molar-refractivity contribution in [2.24, 2.45) is 7.05 Å². The van der Waals surface area contributed by atoms with Gasteiger partial charge in [0.05, 0.1) is 15.9 Å². The Morgan fingerprint density at radius 3 is 2.89 bits per heavy atom. The van der Waals surface area contributed by atoms with Crippen molar-refractivity contribution in [2.45, 2.75) is 20.0 Å². The molecule has 0 aliphatic carbocycles. The van der Waals surface area contributed by atoms with Crippen LogP contribution in [-0.2, 0) is 20.1 Å². The average molecular weight is 331 g/mol. The van der Waals surface area contributed by atoms with Gasteiger partial charge in [0.1, 0.15) is 6.61 Å². The zero-order valence-electron chi connectivity index (χ0n) is 10.2. The average Bonchev–Trinajstić information content (AvgIpc) is 2.64. The van der Waals surface area contributed by atoms with Crippen LogP contribution in [0.5, 0.6) is 5.75 Å². The van der Waals surface area contributed by atoms with Crippen LogP contribution in [0.2, 0.25) is 5.15 Å². The van der Waals surface area contributed by atoms with Gasteiger partial charge in [0.15, 0.2) is 10.9 Å². The van der Waals surface area contributed by atoms with Gasteiger partial charge >= 0.3 is 0 Å². The van der Waals surface area contributed by atoms with Crippen molar-refractivity contribution in [2.75, 3.05) is 0 Å². The number of halogens is 2. The van der Waals surface area contributed by atoms with Crippen molar-refractivity contribution >= 4 is 27.5 Å². The Morgan fingerprint density at radius 1 is 1.50 bits per heavy atom. The number of rotatable bonds is 4. The zero-order valence-corrected chi connectivity index (χ0v) is 12.5. The van der Waals surface area contributed by atoms with Crippen molar-refractivity contribution in [3.63, 3.8) is 0 Å². The molecule has 0 aliphatic heterocycles. The Bertz CT molecular complexity index is 556. The summed E-state index contributed by atoms with van der Waals surface area (Å²) in [4.78, 5) is 3.96.